The van der Waals surface area contributed by atoms with Crippen molar-refractivity contribution in [2.45, 2.75) is 45.6 Å². The SMILES string of the molecule is CC(C)C(=O)Nc1cccc(C2CCN(CCCn3c(-c4cccc(F)c4)cc4ccc5ccccc5c43)CC2)c1. The third-order valence-corrected chi connectivity index (χ3v) is 8.50. The Hall–Kier alpha value is -3.96. The largest absolute Gasteiger partial charge is 0.340 e. The Morgan fingerprint density at radius 1 is 0.878 bits per heavy atom. The number of nitrogens with zero attached hydrogens (tertiary/aromatic N) is 2. The first-order chi connectivity index (χ1) is 20.0. The fraction of sp³-hybridized carbons (Fsp3) is 0.306. The van der Waals surface area contributed by atoms with E-state index in [1.807, 2.05) is 26.0 Å². The van der Waals surface area contributed by atoms with Gasteiger partial charge in [-0.2, -0.15) is 0 Å². The second-order valence-corrected chi connectivity index (χ2v) is 11.7. The number of nitrogens with one attached hydrogen (secondary N) is 1. The summed E-state index contributed by atoms with van der Waals surface area (Å²) in [6.45, 7) is 7.88. The maximum Gasteiger partial charge on any atom is 0.226 e. The van der Waals surface area contributed by atoms with Crippen LogP contribution in [0.1, 0.15) is 44.6 Å². The van der Waals surface area contributed by atoms with E-state index in [-0.39, 0.29) is 17.6 Å². The van der Waals surface area contributed by atoms with Gasteiger partial charge in [0.1, 0.15) is 5.82 Å². The van der Waals surface area contributed by atoms with E-state index in [1.165, 1.54) is 33.3 Å². The highest BCUT2D eigenvalue weighted by molar-refractivity contribution is 6.07. The van der Waals surface area contributed by atoms with Gasteiger partial charge in [-0.25, -0.2) is 4.39 Å². The molecule has 0 atom stereocenters. The Labute approximate surface area is 241 Å². The van der Waals surface area contributed by atoms with Crippen LogP contribution in [-0.2, 0) is 11.3 Å². The van der Waals surface area contributed by atoms with Crippen LogP contribution < -0.4 is 5.32 Å². The highest BCUT2D eigenvalue weighted by atomic mass is 19.1. The van der Waals surface area contributed by atoms with Crippen LogP contribution in [0.15, 0.2) is 91.0 Å². The Kier molecular flexibility index (Phi) is 7.89. The van der Waals surface area contributed by atoms with E-state index < -0.39 is 0 Å². The highest BCUT2D eigenvalue weighted by Gasteiger charge is 2.21. The number of rotatable bonds is 8. The predicted molar refractivity (Wildman–Crippen MR) is 168 cm³/mol. The standard InChI is InChI=1S/C36H38FN3O/c1-25(2)36(41)38-32-12-6-9-28(23-32)26-16-20-39(21-17-26)18-7-19-40-34(29-10-5-11-31(37)22-29)24-30-15-14-27-8-3-4-13-33(27)35(30)40/h3-6,8-15,22-26H,7,16-21H2,1-2H3,(H,38,41). The Morgan fingerprint density at radius 3 is 2.46 bits per heavy atom. The number of fused-ring (bicyclic) bond motifs is 3. The molecule has 1 amide bonds. The van der Waals surface area contributed by atoms with Crippen molar-refractivity contribution < 1.29 is 9.18 Å². The Bertz CT molecular complexity index is 1680. The molecule has 1 saturated heterocycles. The fourth-order valence-electron chi connectivity index (χ4n) is 6.25. The van der Waals surface area contributed by atoms with Crippen molar-refractivity contribution in [3.8, 4) is 11.3 Å². The summed E-state index contributed by atoms with van der Waals surface area (Å²) >= 11 is 0. The number of carbonyl (C=O) groups is 1. The molecular weight excluding hydrogens is 509 g/mol. The zero-order chi connectivity index (χ0) is 28.3. The predicted octanol–water partition coefficient (Wildman–Crippen LogP) is 8.46. The van der Waals surface area contributed by atoms with E-state index in [0.717, 1.165) is 62.4 Å². The van der Waals surface area contributed by atoms with Gasteiger partial charge >= 0.3 is 0 Å². The van der Waals surface area contributed by atoms with Crippen molar-refractivity contribution in [3.05, 3.63) is 102 Å². The minimum Gasteiger partial charge on any atom is -0.340 e. The number of halogens is 1. The lowest BCUT2D eigenvalue weighted by Gasteiger charge is -2.32. The number of hydrogen-bond donors (Lipinski definition) is 1. The molecule has 5 aromatic rings. The second kappa shape index (κ2) is 11.9. The number of benzene rings is 4. The molecule has 1 aromatic heterocycles. The fourth-order valence-corrected chi connectivity index (χ4v) is 6.25. The first-order valence-electron chi connectivity index (χ1n) is 14.9. The summed E-state index contributed by atoms with van der Waals surface area (Å²) in [5.74, 6) is 0.331. The van der Waals surface area contributed by atoms with Crippen LogP contribution in [0.25, 0.3) is 32.9 Å². The van der Waals surface area contributed by atoms with Crippen LogP contribution in [-0.4, -0.2) is 35.0 Å². The average Bonchev–Trinajstić information content (AvgIpc) is 3.37. The first kappa shape index (κ1) is 27.2. The quantitative estimate of drug-likeness (QED) is 0.212. The van der Waals surface area contributed by atoms with E-state index in [4.69, 9.17) is 0 Å². The van der Waals surface area contributed by atoms with Crippen molar-refractivity contribution in [2.75, 3.05) is 25.0 Å². The van der Waals surface area contributed by atoms with Crippen molar-refractivity contribution in [1.82, 2.24) is 9.47 Å². The molecule has 1 aliphatic rings. The molecule has 210 valence electrons. The molecule has 1 aliphatic heterocycles. The summed E-state index contributed by atoms with van der Waals surface area (Å²) in [6, 6.07) is 30.4. The van der Waals surface area contributed by atoms with Crippen LogP contribution in [0.5, 0.6) is 0 Å². The zero-order valence-electron chi connectivity index (χ0n) is 23.9. The molecular formula is C36H38FN3O. The van der Waals surface area contributed by atoms with Gasteiger partial charge in [0.2, 0.25) is 5.91 Å². The zero-order valence-corrected chi connectivity index (χ0v) is 23.9. The lowest BCUT2D eigenvalue weighted by molar-refractivity contribution is -0.118. The van der Waals surface area contributed by atoms with Gasteiger partial charge in [0, 0.05) is 40.2 Å². The van der Waals surface area contributed by atoms with Gasteiger partial charge < -0.3 is 14.8 Å². The van der Waals surface area contributed by atoms with Gasteiger partial charge in [-0.1, -0.05) is 74.5 Å². The molecule has 0 aliphatic carbocycles. The average molecular weight is 548 g/mol. The highest BCUT2D eigenvalue weighted by Crippen LogP contribution is 2.34. The molecule has 41 heavy (non-hydrogen) atoms. The Balaban J connectivity index is 1.15. The molecule has 4 nitrogen and oxygen atoms in total. The van der Waals surface area contributed by atoms with Gasteiger partial charge in [0.25, 0.3) is 0 Å². The smallest absolute Gasteiger partial charge is 0.226 e. The molecule has 1 fully saturated rings. The number of piperidine rings is 1. The molecule has 0 spiro atoms. The lowest BCUT2D eigenvalue weighted by Crippen LogP contribution is -2.34. The summed E-state index contributed by atoms with van der Waals surface area (Å²) in [6.07, 6.45) is 3.26. The van der Waals surface area contributed by atoms with Gasteiger partial charge in [-0.3, -0.25) is 4.79 Å². The van der Waals surface area contributed by atoms with Crippen LogP contribution in [0.4, 0.5) is 10.1 Å². The molecule has 1 N–H and O–H groups in total. The number of hydrogen-bond acceptors (Lipinski definition) is 2. The molecule has 0 radical (unpaired) electrons. The van der Waals surface area contributed by atoms with Crippen molar-refractivity contribution >= 4 is 33.3 Å². The first-order valence-corrected chi connectivity index (χ1v) is 14.9. The van der Waals surface area contributed by atoms with Gasteiger partial charge in [0.15, 0.2) is 0 Å². The number of aryl methyl sites for hydroxylation is 1. The molecule has 0 bridgehead atoms. The van der Waals surface area contributed by atoms with E-state index in [0.29, 0.717) is 5.92 Å². The van der Waals surface area contributed by atoms with Crippen LogP contribution in [0, 0.1) is 11.7 Å². The number of anilines is 1. The van der Waals surface area contributed by atoms with Crippen molar-refractivity contribution in [2.24, 2.45) is 5.92 Å². The minimum absolute atomic E-state index is 0.0323. The lowest BCUT2D eigenvalue weighted by atomic mass is 9.89. The molecule has 2 heterocycles. The van der Waals surface area contributed by atoms with E-state index >= 15 is 0 Å². The van der Waals surface area contributed by atoms with Gasteiger partial charge in [-0.05, 0) is 86.1 Å². The third-order valence-electron chi connectivity index (χ3n) is 8.50. The molecule has 0 saturated carbocycles. The van der Waals surface area contributed by atoms with Crippen LogP contribution in [0.2, 0.25) is 0 Å². The van der Waals surface area contributed by atoms with E-state index in [2.05, 4.69) is 75.4 Å². The summed E-state index contributed by atoms with van der Waals surface area (Å²) in [5, 5.41) is 6.69. The van der Waals surface area contributed by atoms with Crippen LogP contribution >= 0.6 is 0 Å². The number of likely N-dealkylation sites (tertiary alicyclic amines) is 1. The summed E-state index contributed by atoms with van der Waals surface area (Å²) in [7, 11) is 0. The number of carbonyl (C=O) groups excluding carboxylic acids is 1. The van der Waals surface area contributed by atoms with Crippen molar-refractivity contribution in [1.29, 1.82) is 0 Å². The van der Waals surface area contributed by atoms with Crippen molar-refractivity contribution in [3.63, 3.8) is 0 Å². The van der Waals surface area contributed by atoms with E-state index in [1.54, 1.807) is 12.1 Å². The summed E-state index contributed by atoms with van der Waals surface area (Å²) in [5.41, 5.74) is 5.42. The maximum atomic E-state index is 14.2. The second-order valence-electron chi connectivity index (χ2n) is 11.7. The third kappa shape index (κ3) is 5.91. The normalized spacial score (nSPS) is 14.7. The minimum atomic E-state index is -0.208. The Morgan fingerprint density at radius 2 is 1.66 bits per heavy atom. The van der Waals surface area contributed by atoms with E-state index in [9.17, 15) is 9.18 Å². The van der Waals surface area contributed by atoms with Crippen LogP contribution in [0.3, 0.4) is 0 Å². The number of aromatic nitrogens is 1. The monoisotopic (exact) mass is 547 g/mol. The topological polar surface area (TPSA) is 37.3 Å². The number of amides is 1. The molecule has 0 unspecified atom stereocenters. The molecule has 5 heteroatoms. The summed E-state index contributed by atoms with van der Waals surface area (Å²) in [4.78, 5) is 14.7. The molecule has 4 aromatic carbocycles. The summed E-state index contributed by atoms with van der Waals surface area (Å²) < 4.78 is 16.6. The molecule has 6 rings (SSSR count). The van der Waals surface area contributed by atoms with Gasteiger partial charge in [0.05, 0.1) is 5.52 Å². The van der Waals surface area contributed by atoms with Gasteiger partial charge in [-0.15, -0.1) is 0 Å². The maximum absolute atomic E-state index is 14.2.